The topological polar surface area (TPSA) is 90.9 Å². The van der Waals surface area contributed by atoms with E-state index < -0.39 is 18.9 Å². The Morgan fingerprint density at radius 2 is 1.78 bits per heavy atom. The van der Waals surface area contributed by atoms with E-state index in [4.69, 9.17) is 17.8 Å². The van der Waals surface area contributed by atoms with Crippen LogP contribution in [0.5, 0.6) is 0 Å². The van der Waals surface area contributed by atoms with Gasteiger partial charge < -0.3 is 13.3 Å². The fourth-order valence-corrected chi connectivity index (χ4v) is 4.61. The van der Waals surface area contributed by atoms with Gasteiger partial charge in [0.1, 0.15) is 12.4 Å². The van der Waals surface area contributed by atoms with Crippen LogP contribution < -0.4 is 4.57 Å². The summed E-state index contributed by atoms with van der Waals surface area (Å²) >= 11 is 0. The van der Waals surface area contributed by atoms with Gasteiger partial charge in [0, 0.05) is 33.8 Å². The van der Waals surface area contributed by atoms with Gasteiger partial charge in [0.05, 0.1) is 18.8 Å². The fourth-order valence-electron chi connectivity index (χ4n) is 2.32. The average molecular weight is 368 g/mol. The van der Waals surface area contributed by atoms with Gasteiger partial charge in [0.2, 0.25) is 6.33 Å². The molecule has 8 nitrogen and oxygen atoms in total. The molecule has 0 atom stereocenters. The molecule has 0 saturated heterocycles. The van der Waals surface area contributed by atoms with Crippen LogP contribution in [0, 0.1) is 0 Å². The van der Waals surface area contributed by atoms with Crippen LogP contribution in [0.1, 0.15) is 19.3 Å². The number of nitrogens with zero attached hydrogens (tertiary/aromatic N) is 2. The van der Waals surface area contributed by atoms with E-state index in [9.17, 15) is 8.42 Å². The van der Waals surface area contributed by atoms with Crippen LogP contribution in [0.4, 0.5) is 0 Å². The Hall–Kier alpha value is -0.783. The predicted octanol–water partition coefficient (Wildman–Crippen LogP) is 0.712. The van der Waals surface area contributed by atoms with Crippen molar-refractivity contribution >= 4 is 18.9 Å². The van der Waals surface area contributed by atoms with Crippen LogP contribution in [0.3, 0.4) is 0 Å². The smallest absolute Gasteiger partial charge is 0.377 e. The minimum absolute atomic E-state index is 0.219. The summed E-state index contributed by atoms with van der Waals surface area (Å²) in [6.07, 6.45) is 8.05. The third kappa shape index (κ3) is 7.55. The molecule has 0 radical (unpaired) electrons. The predicted molar refractivity (Wildman–Crippen MR) is 86.5 cm³/mol. The lowest BCUT2D eigenvalue weighted by molar-refractivity contribution is -0.696. The molecule has 0 aliphatic rings. The third-order valence-corrected chi connectivity index (χ3v) is 7.28. The maximum atomic E-state index is 10.7. The average Bonchev–Trinajstić information content (AvgIpc) is 2.95. The summed E-state index contributed by atoms with van der Waals surface area (Å²) in [6, 6.07) is 0.770. The molecule has 0 aromatic carbocycles. The first-order chi connectivity index (χ1) is 10.8. The maximum Gasteiger partial charge on any atom is 0.500 e. The molecule has 1 N–H and O–H groups in total. The molecule has 1 heterocycles. The second kappa shape index (κ2) is 9.50. The van der Waals surface area contributed by atoms with Crippen molar-refractivity contribution in [2.45, 2.75) is 38.4 Å². The van der Waals surface area contributed by atoms with Gasteiger partial charge in [-0.1, -0.05) is 0 Å². The number of unbranched alkanes of at least 4 members (excludes halogenated alkanes) is 1. The van der Waals surface area contributed by atoms with E-state index >= 15 is 0 Å². The standard InChI is InChI=1S/C13H26N2O6SSi/c1-19-23(20-2,21-3)12-5-4-7-14-9-10-15(13-14)8-6-11-22(16,17)18/h9-10,13H,4-8,11-12H2,1-3H3/p+1. The molecule has 0 bridgehead atoms. The van der Waals surface area contributed by atoms with E-state index in [2.05, 4.69) is 0 Å². The van der Waals surface area contributed by atoms with Crippen molar-refractivity contribution in [1.29, 1.82) is 0 Å². The minimum atomic E-state index is -3.88. The van der Waals surface area contributed by atoms with Crippen LogP contribution in [0.15, 0.2) is 18.7 Å². The highest BCUT2D eigenvalue weighted by atomic mass is 32.2. The molecule has 134 valence electrons. The van der Waals surface area contributed by atoms with Crippen LogP contribution in [0.2, 0.25) is 6.04 Å². The summed E-state index contributed by atoms with van der Waals surface area (Å²) in [7, 11) is -1.52. The molecule has 0 spiro atoms. The first-order valence-electron chi connectivity index (χ1n) is 7.49. The zero-order valence-corrected chi connectivity index (χ0v) is 15.8. The van der Waals surface area contributed by atoms with E-state index in [1.165, 1.54) is 0 Å². The summed E-state index contributed by atoms with van der Waals surface area (Å²) < 4.78 is 50.1. The van der Waals surface area contributed by atoms with Crippen molar-refractivity contribution in [3.63, 3.8) is 0 Å². The molecular formula is C13H27N2O6SSi+. The Bertz CT molecular complexity index is 550. The highest BCUT2D eigenvalue weighted by molar-refractivity contribution is 7.85. The summed E-state index contributed by atoms with van der Waals surface area (Å²) in [5.74, 6) is -0.219. The van der Waals surface area contributed by atoms with Crippen LogP contribution >= 0.6 is 0 Å². The maximum absolute atomic E-state index is 10.7. The molecule has 0 saturated carbocycles. The van der Waals surface area contributed by atoms with Gasteiger partial charge >= 0.3 is 8.80 Å². The summed E-state index contributed by atoms with van der Waals surface area (Å²) in [4.78, 5) is 0. The second-order valence-corrected chi connectivity index (χ2v) is 9.94. The highest BCUT2D eigenvalue weighted by Gasteiger charge is 2.36. The van der Waals surface area contributed by atoms with Crippen molar-refractivity contribution in [1.82, 2.24) is 4.57 Å². The van der Waals surface area contributed by atoms with Crippen molar-refractivity contribution in [3.8, 4) is 0 Å². The summed E-state index contributed by atoms with van der Waals surface area (Å²) in [5, 5.41) is 0. The second-order valence-electron chi connectivity index (χ2n) is 5.28. The Labute approximate surface area is 139 Å². The van der Waals surface area contributed by atoms with Gasteiger partial charge in [-0.2, -0.15) is 8.42 Å². The molecular weight excluding hydrogens is 340 g/mol. The van der Waals surface area contributed by atoms with Gasteiger partial charge in [-0.25, -0.2) is 9.13 Å². The largest absolute Gasteiger partial charge is 0.500 e. The molecule has 0 fully saturated rings. The monoisotopic (exact) mass is 367 g/mol. The molecule has 10 heteroatoms. The van der Waals surface area contributed by atoms with Gasteiger partial charge in [-0.15, -0.1) is 0 Å². The zero-order valence-electron chi connectivity index (χ0n) is 14.0. The van der Waals surface area contributed by atoms with Crippen molar-refractivity contribution in [3.05, 3.63) is 18.7 Å². The molecule has 0 aliphatic carbocycles. The Balaban J connectivity index is 2.31. The van der Waals surface area contributed by atoms with Crippen LogP contribution in [-0.4, -0.2) is 53.4 Å². The normalized spacial score (nSPS) is 12.7. The molecule has 0 amide bonds. The van der Waals surface area contributed by atoms with Crippen molar-refractivity contribution in [2.75, 3.05) is 27.1 Å². The first kappa shape index (κ1) is 20.3. The SMILES string of the molecule is CO[Si](CCCCn1cc[n+](CCCS(=O)(=O)O)c1)(OC)OC. The first-order valence-corrected chi connectivity index (χ1v) is 11.0. The number of hydrogen-bond acceptors (Lipinski definition) is 5. The Kier molecular flexibility index (Phi) is 8.37. The number of imidazole rings is 1. The lowest BCUT2D eigenvalue weighted by Gasteiger charge is -2.23. The molecule has 0 aliphatic heterocycles. The van der Waals surface area contributed by atoms with E-state index in [0.717, 1.165) is 25.4 Å². The summed E-state index contributed by atoms with van der Waals surface area (Å²) in [5.41, 5.74) is 0. The van der Waals surface area contributed by atoms with Crippen LogP contribution in [0.25, 0.3) is 0 Å². The van der Waals surface area contributed by atoms with E-state index in [-0.39, 0.29) is 5.75 Å². The third-order valence-electron chi connectivity index (χ3n) is 3.65. The zero-order chi connectivity index (χ0) is 17.3. The minimum Gasteiger partial charge on any atom is -0.377 e. The quantitative estimate of drug-likeness (QED) is 0.253. The lowest BCUT2D eigenvalue weighted by Crippen LogP contribution is -2.42. The number of rotatable bonds is 12. The van der Waals surface area contributed by atoms with Crippen molar-refractivity contribution in [2.24, 2.45) is 0 Å². The lowest BCUT2D eigenvalue weighted by atomic mass is 10.3. The number of aromatic nitrogens is 2. The summed E-state index contributed by atoms with van der Waals surface area (Å²) in [6.45, 7) is 1.41. The van der Waals surface area contributed by atoms with E-state index in [0.29, 0.717) is 13.0 Å². The van der Waals surface area contributed by atoms with Crippen molar-refractivity contribution < 1.29 is 30.8 Å². The molecule has 1 aromatic heterocycles. The number of hydrogen-bond donors (Lipinski definition) is 1. The molecule has 1 aromatic rings. The molecule has 0 unspecified atom stereocenters. The van der Waals surface area contributed by atoms with Gasteiger partial charge in [0.15, 0.2) is 0 Å². The fraction of sp³-hybridized carbons (Fsp3) is 0.769. The van der Waals surface area contributed by atoms with E-state index in [1.54, 1.807) is 21.3 Å². The van der Waals surface area contributed by atoms with Gasteiger partial charge in [-0.3, -0.25) is 4.55 Å². The van der Waals surface area contributed by atoms with E-state index in [1.807, 2.05) is 27.9 Å². The Morgan fingerprint density at radius 3 is 2.35 bits per heavy atom. The molecule has 1 rings (SSSR count). The van der Waals surface area contributed by atoms with Gasteiger partial charge in [0.25, 0.3) is 10.1 Å². The highest BCUT2D eigenvalue weighted by Crippen LogP contribution is 2.16. The molecule has 23 heavy (non-hydrogen) atoms. The van der Waals surface area contributed by atoms with Crippen LogP contribution in [-0.2, 0) is 36.5 Å². The number of aryl methyl sites for hydroxylation is 2. The van der Waals surface area contributed by atoms with Gasteiger partial charge in [-0.05, 0) is 12.8 Å². The Morgan fingerprint density at radius 1 is 1.13 bits per heavy atom.